The summed E-state index contributed by atoms with van der Waals surface area (Å²) >= 11 is 0. The van der Waals surface area contributed by atoms with Crippen molar-refractivity contribution < 1.29 is 13.2 Å². The van der Waals surface area contributed by atoms with Gasteiger partial charge in [-0.3, -0.25) is 0 Å². The molecule has 1 aromatic heterocycles. The molecule has 96 valence electrons. The molecule has 2 aromatic rings. The van der Waals surface area contributed by atoms with Gasteiger partial charge in [-0.1, -0.05) is 13.0 Å². The first-order chi connectivity index (χ1) is 8.49. The average molecular weight is 254 g/mol. The Morgan fingerprint density at radius 2 is 1.89 bits per heavy atom. The third-order valence-corrected chi connectivity index (χ3v) is 2.71. The summed E-state index contributed by atoms with van der Waals surface area (Å²) in [5, 5.41) is 0. The molecule has 0 aliphatic rings. The zero-order chi connectivity index (χ0) is 13.2. The van der Waals surface area contributed by atoms with Gasteiger partial charge in [0.25, 0.3) is 0 Å². The predicted molar refractivity (Wildman–Crippen MR) is 62.2 cm³/mol. The summed E-state index contributed by atoms with van der Waals surface area (Å²) in [6, 6.07) is 4.20. The van der Waals surface area contributed by atoms with Crippen molar-refractivity contribution in [2.24, 2.45) is 0 Å². The van der Waals surface area contributed by atoms with Gasteiger partial charge >= 0.3 is 6.18 Å². The molecule has 0 saturated heterocycles. The van der Waals surface area contributed by atoms with Gasteiger partial charge in [-0.05, 0) is 29.7 Å². The van der Waals surface area contributed by atoms with Crippen LogP contribution in [-0.2, 0) is 19.1 Å². The Balaban J connectivity index is 2.35. The summed E-state index contributed by atoms with van der Waals surface area (Å²) in [6.07, 6.45) is 1.21. The maximum absolute atomic E-state index is 12.7. The van der Waals surface area contributed by atoms with E-state index in [1.54, 1.807) is 29.4 Å². The number of nitrogens with zero attached hydrogens (tertiary/aromatic N) is 2. The second kappa shape index (κ2) is 4.84. The molecule has 0 fully saturated rings. The maximum Gasteiger partial charge on any atom is 0.416 e. The predicted octanol–water partition coefficient (Wildman–Crippen LogP) is 3.51. The third kappa shape index (κ3) is 2.91. The van der Waals surface area contributed by atoms with Crippen LogP contribution >= 0.6 is 0 Å². The Morgan fingerprint density at radius 3 is 2.44 bits per heavy atom. The first-order valence-electron chi connectivity index (χ1n) is 5.65. The average Bonchev–Trinajstić information content (AvgIpc) is 2.80. The highest BCUT2D eigenvalue weighted by molar-refractivity contribution is 5.32. The lowest BCUT2D eigenvalue weighted by Gasteiger charge is -2.12. The van der Waals surface area contributed by atoms with E-state index in [1.807, 2.05) is 6.92 Å². The largest absolute Gasteiger partial charge is 0.416 e. The number of rotatable bonds is 3. The van der Waals surface area contributed by atoms with Crippen LogP contribution in [0.3, 0.4) is 0 Å². The van der Waals surface area contributed by atoms with Crippen LogP contribution in [0.5, 0.6) is 0 Å². The molecular weight excluding hydrogens is 241 g/mol. The lowest BCUT2D eigenvalue weighted by atomic mass is 10.0. The molecule has 18 heavy (non-hydrogen) atoms. The molecule has 0 N–H and O–H groups in total. The fraction of sp³-hybridized carbons (Fsp3) is 0.308. The Bertz CT molecular complexity index is 516. The molecule has 5 heteroatoms. The van der Waals surface area contributed by atoms with E-state index in [0.29, 0.717) is 24.1 Å². The van der Waals surface area contributed by atoms with Crippen molar-refractivity contribution in [1.29, 1.82) is 0 Å². The van der Waals surface area contributed by atoms with E-state index in [1.165, 1.54) is 12.1 Å². The van der Waals surface area contributed by atoms with E-state index in [2.05, 4.69) is 4.98 Å². The SMILES string of the molecule is CCc1cc(Cn2ccnc2)cc(C(F)(F)F)c1. The maximum atomic E-state index is 12.7. The molecule has 0 saturated carbocycles. The highest BCUT2D eigenvalue weighted by Crippen LogP contribution is 2.31. The van der Waals surface area contributed by atoms with Gasteiger partial charge in [0.15, 0.2) is 0 Å². The Morgan fingerprint density at radius 1 is 1.17 bits per heavy atom. The summed E-state index contributed by atoms with van der Waals surface area (Å²) in [7, 11) is 0. The molecule has 0 aliphatic carbocycles. The number of hydrogen-bond acceptors (Lipinski definition) is 1. The van der Waals surface area contributed by atoms with Crippen molar-refractivity contribution in [3.8, 4) is 0 Å². The van der Waals surface area contributed by atoms with Crippen LogP contribution in [0.4, 0.5) is 13.2 Å². The van der Waals surface area contributed by atoms with E-state index in [4.69, 9.17) is 0 Å². The molecule has 0 aliphatic heterocycles. The van der Waals surface area contributed by atoms with E-state index in [0.717, 1.165) is 0 Å². The second-order valence-electron chi connectivity index (χ2n) is 4.12. The van der Waals surface area contributed by atoms with E-state index in [9.17, 15) is 13.2 Å². The number of halogens is 3. The van der Waals surface area contributed by atoms with Gasteiger partial charge in [-0.25, -0.2) is 4.98 Å². The molecule has 1 heterocycles. The molecule has 0 radical (unpaired) electrons. The van der Waals surface area contributed by atoms with Gasteiger partial charge in [0, 0.05) is 18.9 Å². The summed E-state index contributed by atoms with van der Waals surface area (Å²) < 4.78 is 40.0. The molecule has 0 bridgehead atoms. The molecule has 0 unspecified atom stereocenters. The molecular formula is C13H13F3N2. The smallest absolute Gasteiger partial charge is 0.333 e. The quantitative estimate of drug-likeness (QED) is 0.819. The van der Waals surface area contributed by atoms with Crippen LogP contribution in [0.15, 0.2) is 36.9 Å². The standard InChI is InChI=1S/C13H13F3N2/c1-2-10-5-11(8-18-4-3-17-9-18)7-12(6-10)13(14,15)16/h3-7,9H,2,8H2,1H3. The van der Waals surface area contributed by atoms with Gasteiger partial charge in [-0.15, -0.1) is 0 Å². The van der Waals surface area contributed by atoms with Gasteiger partial charge in [0.05, 0.1) is 11.9 Å². The minimum absolute atomic E-state index is 0.400. The highest BCUT2D eigenvalue weighted by atomic mass is 19.4. The number of hydrogen-bond donors (Lipinski definition) is 0. The zero-order valence-electron chi connectivity index (χ0n) is 9.91. The normalized spacial score (nSPS) is 11.8. The highest BCUT2D eigenvalue weighted by Gasteiger charge is 2.30. The van der Waals surface area contributed by atoms with Crippen LogP contribution in [0.1, 0.15) is 23.6 Å². The second-order valence-corrected chi connectivity index (χ2v) is 4.12. The Kier molecular flexibility index (Phi) is 3.41. The van der Waals surface area contributed by atoms with Crippen LogP contribution in [0.2, 0.25) is 0 Å². The first-order valence-corrected chi connectivity index (χ1v) is 5.65. The van der Waals surface area contributed by atoms with Crippen molar-refractivity contribution in [3.63, 3.8) is 0 Å². The zero-order valence-corrected chi connectivity index (χ0v) is 9.91. The minimum atomic E-state index is -4.30. The lowest BCUT2D eigenvalue weighted by molar-refractivity contribution is -0.137. The third-order valence-electron chi connectivity index (χ3n) is 2.71. The molecule has 0 spiro atoms. The molecule has 0 atom stereocenters. The monoisotopic (exact) mass is 254 g/mol. The van der Waals surface area contributed by atoms with E-state index < -0.39 is 11.7 Å². The Labute approximate surface area is 103 Å². The minimum Gasteiger partial charge on any atom is -0.333 e. The summed E-state index contributed by atoms with van der Waals surface area (Å²) in [4.78, 5) is 3.87. The number of alkyl halides is 3. The van der Waals surface area contributed by atoms with Gasteiger partial charge in [-0.2, -0.15) is 13.2 Å². The van der Waals surface area contributed by atoms with Crippen molar-refractivity contribution in [3.05, 3.63) is 53.6 Å². The molecule has 2 nitrogen and oxygen atoms in total. The van der Waals surface area contributed by atoms with Crippen molar-refractivity contribution in [2.75, 3.05) is 0 Å². The first kappa shape index (κ1) is 12.7. The van der Waals surface area contributed by atoms with Crippen molar-refractivity contribution in [1.82, 2.24) is 9.55 Å². The molecule has 2 rings (SSSR count). The summed E-state index contributed by atoms with van der Waals surface area (Å²) in [5.41, 5.74) is 0.747. The number of imidazole rings is 1. The number of aromatic nitrogens is 2. The van der Waals surface area contributed by atoms with Crippen molar-refractivity contribution >= 4 is 0 Å². The topological polar surface area (TPSA) is 17.8 Å². The van der Waals surface area contributed by atoms with E-state index >= 15 is 0 Å². The molecule has 1 aromatic carbocycles. The Hall–Kier alpha value is -1.78. The van der Waals surface area contributed by atoms with Crippen LogP contribution < -0.4 is 0 Å². The summed E-state index contributed by atoms with van der Waals surface area (Å²) in [5.74, 6) is 0. The lowest BCUT2D eigenvalue weighted by Crippen LogP contribution is -2.08. The number of aryl methyl sites for hydroxylation is 1. The fourth-order valence-electron chi connectivity index (χ4n) is 1.81. The van der Waals surface area contributed by atoms with Crippen LogP contribution in [0, 0.1) is 0 Å². The van der Waals surface area contributed by atoms with Gasteiger partial charge < -0.3 is 4.57 Å². The number of benzene rings is 1. The van der Waals surface area contributed by atoms with Gasteiger partial charge in [0.1, 0.15) is 0 Å². The van der Waals surface area contributed by atoms with Crippen molar-refractivity contribution in [2.45, 2.75) is 26.1 Å². The van der Waals surface area contributed by atoms with Gasteiger partial charge in [0.2, 0.25) is 0 Å². The fourth-order valence-corrected chi connectivity index (χ4v) is 1.81. The summed E-state index contributed by atoms with van der Waals surface area (Å²) in [6.45, 7) is 2.24. The van der Waals surface area contributed by atoms with Crippen LogP contribution in [-0.4, -0.2) is 9.55 Å². The van der Waals surface area contributed by atoms with E-state index in [-0.39, 0.29) is 0 Å². The molecule has 0 amide bonds. The van der Waals surface area contributed by atoms with Crippen LogP contribution in [0.25, 0.3) is 0 Å².